The van der Waals surface area contributed by atoms with Crippen LogP contribution in [-0.4, -0.2) is 26.3 Å². The summed E-state index contributed by atoms with van der Waals surface area (Å²) in [5.41, 5.74) is 0.736. The fraction of sp³-hybridized carbons (Fsp3) is 0.333. The van der Waals surface area contributed by atoms with Gasteiger partial charge in [0.05, 0.1) is 26.7 Å². The number of carbonyl (C=O) groups excluding carboxylic acids is 2. The zero-order valence-electron chi connectivity index (χ0n) is 9.67. The van der Waals surface area contributed by atoms with E-state index in [9.17, 15) is 9.59 Å². The van der Waals surface area contributed by atoms with Gasteiger partial charge in [-0.15, -0.1) is 0 Å². The van der Waals surface area contributed by atoms with Gasteiger partial charge in [-0.2, -0.15) is 4.99 Å². The van der Waals surface area contributed by atoms with Crippen molar-refractivity contribution in [2.75, 3.05) is 14.2 Å². The number of methoxy groups -OCH3 is 2. The molecule has 1 unspecified atom stereocenters. The molecule has 0 saturated carbocycles. The maximum atomic E-state index is 11.2. The van der Waals surface area contributed by atoms with Crippen molar-refractivity contribution in [2.45, 2.75) is 12.5 Å². The lowest BCUT2D eigenvalue weighted by molar-refractivity contribution is -0.141. The summed E-state index contributed by atoms with van der Waals surface area (Å²) in [6.07, 6.45) is 1.47. The molecule has 17 heavy (non-hydrogen) atoms. The lowest BCUT2D eigenvalue weighted by Crippen LogP contribution is -2.07. The summed E-state index contributed by atoms with van der Waals surface area (Å²) in [4.78, 5) is 25.1. The SMILES string of the molecule is COC(=O)CC(N=C=O)c1ccc(OC)cc1. The van der Waals surface area contributed by atoms with E-state index < -0.39 is 12.0 Å². The molecule has 1 aromatic rings. The molecule has 0 aromatic heterocycles. The van der Waals surface area contributed by atoms with Crippen molar-refractivity contribution in [1.29, 1.82) is 0 Å². The molecule has 0 bridgehead atoms. The Hall–Kier alpha value is -2.13. The predicted molar refractivity (Wildman–Crippen MR) is 60.5 cm³/mol. The van der Waals surface area contributed by atoms with Crippen LogP contribution in [0.3, 0.4) is 0 Å². The zero-order valence-corrected chi connectivity index (χ0v) is 9.67. The van der Waals surface area contributed by atoms with Gasteiger partial charge in [0.15, 0.2) is 0 Å². The summed E-state index contributed by atoms with van der Waals surface area (Å²) < 4.78 is 9.55. The second-order valence-corrected chi connectivity index (χ2v) is 3.29. The number of esters is 1. The maximum Gasteiger partial charge on any atom is 0.308 e. The van der Waals surface area contributed by atoms with Gasteiger partial charge in [-0.25, -0.2) is 4.79 Å². The first-order chi connectivity index (χ1) is 8.21. The fourth-order valence-electron chi connectivity index (χ4n) is 1.37. The van der Waals surface area contributed by atoms with E-state index in [0.717, 1.165) is 5.56 Å². The lowest BCUT2D eigenvalue weighted by atomic mass is 10.0. The van der Waals surface area contributed by atoms with Gasteiger partial charge >= 0.3 is 5.97 Å². The number of rotatable bonds is 5. The minimum absolute atomic E-state index is 0.0120. The Bertz CT molecular complexity index is 421. The molecule has 0 heterocycles. The van der Waals surface area contributed by atoms with E-state index in [1.54, 1.807) is 31.4 Å². The van der Waals surface area contributed by atoms with Crippen LogP contribution in [-0.2, 0) is 14.3 Å². The van der Waals surface area contributed by atoms with E-state index in [1.165, 1.54) is 13.2 Å². The molecule has 1 aromatic carbocycles. The summed E-state index contributed by atoms with van der Waals surface area (Å²) in [5, 5.41) is 0. The monoisotopic (exact) mass is 235 g/mol. The number of aliphatic imine (C=N–C) groups is 1. The number of hydrogen-bond acceptors (Lipinski definition) is 5. The van der Waals surface area contributed by atoms with Crippen LogP contribution in [0.1, 0.15) is 18.0 Å². The summed E-state index contributed by atoms with van der Waals surface area (Å²) in [7, 11) is 2.85. The third-order valence-corrected chi connectivity index (χ3v) is 2.30. The number of hydrogen-bond donors (Lipinski definition) is 0. The van der Waals surface area contributed by atoms with Gasteiger partial charge < -0.3 is 9.47 Å². The molecule has 0 aliphatic heterocycles. The van der Waals surface area contributed by atoms with E-state index in [2.05, 4.69) is 9.73 Å². The summed E-state index contributed by atoms with van der Waals surface area (Å²) in [5.74, 6) is 0.269. The third-order valence-electron chi connectivity index (χ3n) is 2.30. The van der Waals surface area contributed by atoms with E-state index >= 15 is 0 Å². The molecule has 0 spiro atoms. The Balaban J connectivity index is 2.88. The van der Waals surface area contributed by atoms with Gasteiger partial charge in [0.25, 0.3) is 0 Å². The average molecular weight is 235 g/mol. The number of carbonyl (C=O) groups is 1. The number of isocyanates is 1. The molecule has 1 atom stereocenters. The van der Waals surface area contributed by atoms with E-state index in [0.29, 0.717) is 5.75 Å². The van der Waals surface area contributed by atoms with Gasteiger partial charge in [-0.05, 0) is 17.7 Å². The average Bonchev–Trinajstić information content (AvgIpc) is 2.38. The molecule has 5 heteroatoms. The number of nitrogens with zero attached hydrogens (tertiary/aromatic N) is 1. The summed E-state index contributed by atoms with van der Waals surface area (Å²) in [6.45, 7) is 0. The van der Waals surface area contributed by atoms with Crippen molar-refractivity contribution in [1.82, 2.24) is 0 Å². The van der Waals surface area contributed by atoms with Crippen molar-refractivity contribution in [3.8, 4) is 5.75 Å². The Kier molecular flexibility index (Phi) is 4.91. The Labute approximate surface area is 99.1 Å². The second kappa shape index (κ2) is 6.45. The third kappa shape index (κ3) is 3.74. The highest BCUT2D eigenvalue weighted by molar-refractivity contribution is 5.70. The van der Waals surface area contributed by atoms with Crippen LogP contribution in [0.2, 0.25) is 0 Å². The Morgan fingerprint density at radius 1 is 1.35 bits per heavy atom. The predicted octanol–water partition coefficient (Wildman–Crippen LogP) is 1.64. The number of ether oxygens (including phenoxy) is 2. The first-order valence-electron chi connectivity index (χ1n) is 4.99. The molecule has 5 nitrogen and oxygen atoms in total. The van der Waals surface area contributed by atoms with Gasteiger partial charge in [0.2, 0.25) is 6.08 Å². The highest BCUT2D eigenvalue weighted by Crippen LogP contribution is 2.23. The van der Waals surface area contributed by atoms with Crippen LogP contribution in [0.4, 0.5) is 0 Å². The van der Waals surface area contributed by atoms with Gasteiger partial charge in [-0.1, -0.05) is 12.1 Å². The Morgan fingerprint density at radius 2 is 2.00 bits per heavy atom. The summed E-state index contributed by atoms with van der Waals surface area (Å²) >= 11 is 0. The highest BCUT2D eigenvalue weighted by Gasteiger charge is 2.15. The van der Waals surface area contributed by atoms with E-state index in [1.807, 2.05) is 0 Å². The molecule has 0 radical (unpaired) electrons. The van der Waals surface area contributed by atoms with Crippen molar-refractivity contribution < 1.29 is 19.1 Å². The first-order valence-corrected chi connectivity index (χ1v) is 4.99. The largest absolute Gasteiger partial charge is 0.497 e. The van der Waals surface area contributed by atoms with Crippen LogP contribution >= 0.6 is 0 Å². The standard InChI is InChI=1S/C12H13NO4/c1-16-10-5-3-9(4-6-10)11(13-8-14)7-12(15)17-2/h3-6,11H,7H2,1-2H3. The normalized spacial score (nSPS) is 11.2. The topological polar surface area (TPSA) is 65.0 Å². The van der Waals surface area contributed by atoms with Gasteiger partial charge in [-0.3, -0.25) is 4.79 Å². The summed E-state index contributed by atoms with van der Waals surface area (Å²) in [6, 6.07) is 6.39. The van der Waals surface area contributed by atoms with Gasteiger partial charge in [0.1, 0.15) is 5.75 Å². The van der Waals surface area contributed by atoms with Crippen molar-refractivity contribution in [3.63, 3.8) is 0 Å². The molecule has 90 valence electrons. The smallest absolute Gasteiger partial charge is 0.308 e. The van der Waals surface area contributed by atoms with E-state index in [-0.39, 0.29) is 6.42 Å². The van der Waals surface area contributed by atoms with Crippen molar-refractivity contribution in [2.24, 2.45) is 4.99 Å². The van der Waals surface area contributed by atoms with E-state index in [4.69, 9.17) is 4.74 Å². The van der Waals surface area contributed by atoms with Gasteiger partial charge in [0, 0.05) is 0 Å². The zero-order chi connectivity index (χ0) is 12.7. The molecule has 0 aliphatic carbocycles. The molecule has 0 aliphatic rings. The van der Waals surface area contributed by atoms with Crippen LogP contribution < -0.4 is 4.74 Å². The maximum absolute atomic E-state index is 11.2. The quantitative estimate of drug-likeness (QED) is 0.442. The molecular weight excluding hydrogens is 222 g/mol. The van der Waals surface area contributed by atoms with Crippen LogP contribution in [0.5, 0.6) is 5.75 Å². The highest BCUT2D eigenvalue weighted by atomic mass is 16.5. The molecule has 0 saturated heterocycles. The minimum Gasteiger partial charge on any atom is -0.497 e. The molecule has 0 fully saturated rings. The molecular formula is C12H13NO4. The minimum atomic E-state index is -0.564. The van der Waals surface area contributed by atoms with Crippen LogP contribution in [0.15, 0.2) is 29.3 Å². The van der Waals surface area contributed by atoms with Crippen LogP contribution in [0.25, 0.3) is 0 Å². The van der Waals surface area contributed by atoms with Crippen molar-refractivity contribution >= 4 is 12.0 Å². The van der Waals surface area contributed by atoms with Crippen LogP contribution in [0, 0.1) is 0 Å². The molecule has 0 N–H and O–H groups in total. The lowest BCUT2D eigenvalue weighted by Gasteiger charge is -2.10. The molecule has 0 amide bonds. The second-order valence-electron chi connectivity index (χ2n) is 3.29. The Morgan fingerprint density at radius 3 is 2.47 bits per heavy atom. The number of benzene rings is 1. The van der Waals surface area contributed by atoms with Crippen molar-refractivity contribution in [3.05, 3.63) is 29.8 Å². The molecule has 1 rings (SSSR count). The first kappa shape index (κ1) is 12.9. The fourth-order valence-corrected chi connectivity index (χ4v) is 1.37.